The first-order valence-corrected chi connectivity index (χ1v) is 8.47. The number of likely N-dealkylation sites (N-methyl/N-ethyl adjacent to an activating group) is 1. The van der Waals surface area contributed by atoms with Gasteiger partial charge in [-0.3, -0.25) is 9.69 Å². The fraction of sp³-hybridized carbons (Fsp3) is 0.938. The molecule has 0 aliphatic carbocycles. The summed E-state index contributed by atoms with van der Waals surface area (Å²) in [5.41, 5.74) is 0. The summed E-state index contributed by atoms with van der Waals surface area (Å²) in [7, 11) is 0. The van der Waals surface area contributed by atoms with Gasteiger partial charge in [0.15, 0.2) is 0 Å². The van der Waals surface area contributed by atoms with E-state index in [-0.39, 0.29) is 0 Å². The van der Waals surface area contributed by atoms with Gasteiger partial charge in [-0.25, -0.2) is 0 Å². The lowest BCUT2D eigenvalue weighted by Gasteiger charge is -2.26. The van der Waals surface area contributed by atoms with Gasteiger partial charge >= 0.3 is 0 Å². The van der Waals surface area contributed by atoms with Gasteiger partial charge in [-0.1, -0.05) is 13.8 Å². The van der Waals surface area contributed by atoms with E-state index in [1.807, 2.05) is 0 Å². The highest BCUT2D eigenvalue weighted by molar-refractivity contribution is 5.76. The van der Waals surface area contributed by atoms with E-state index in [4.69, 9.17) is 0 Å². The molecule has 0 aromatic rings. The average molecular weight is 281 g/mol. The van der Waals surface area contributed by atoms with E-state index in [1.165, 1.54) is 12.8 Å². The number of likely N-dealkylation sites (tertiary alicyclic amines) is 1. The van der Waals surface area contributed by atoms with Crippen molar-refractivity contribution in [2.75, 3.05) is 39.3 Å². The highest BCUT2D eigenvalue weighted by Gasteiger charge is 2.29. The molecule has 0 spiro atoms. The lowest BCUT2D eigenvalue weighted by Crippen LogP contribution is -2.38. The number of carbonyl (C=O) groups is 1. The Hall–Kier alpha value is -0.610. The Balaban J connectivity index is 1.70. The Labute approximate surface area is 123 Å². The summed E-state index contributed by atoms with van der Waals surface area (Å²) in [4.78, 5) is 16.9. The summed E-state index contributed by atoms with van der Waals surface area (Å²) >= 11 is 0. The number of nitrogens with zero attached hydrogens (tertiary/aromatic N) is 2. The minimum atomic E-state index is 0.387. The summed E-state index contributed by atoms with van der Waals surface area (Å²) in [6.45, 7) is 10.8. The van der Waals surface area contributed by atoms with Crippen LogP contribution in [-0.2, 0) is 4.79 Å². The molecule has 2 aliphatic heterocycles. The Kier molecular flexibility index (Phi) is 6.30. The predicted molar refractivity (Wildman–Crippen MR) is 82.7 cm³/mol. The minimum Gasteiger partial charge on any atom is -0.341 e. The van der Waals surface area contributed by atoms with Crippen molar-refractivity contribution in [3.63, 3.8) is 0 Å². The van der Waals surface area contributed by atoms with E-state index in [2.05, 4.69) is 29.0 Å². The number of carbonyl (C=O) groups excluding carboxylic acids is 1. The Morgan fingerprint density at radius 3 is 2.55 bits per heavy atom. The molecule has 0 saturated carbocycles. The Morgan fingerprint density at radius 2 is 1.90 bits per heavy atom. The molecule has 0 radical (unpaired) electrons. The smallest absolute Gasteiger partial charge is 0.222 e. The monoisotopic (exact) mass is 281 g/mol. The first-order valence-electron chi connectivity index (χ1n) is 8.47. The number of hydrogen-bond donors (Lipinski definition) is 1. The van der Waals surface area contributed by atoms with Gasteiger partial charge in [0.2, 0.25) is 5.91 Å². The molecule has 1 atom stereocenters. The van der Waals surface area contributed by atoms with Crippen molar-refractivity contribution in [3.8, 4) is 0 Å². The van der Waals surface area contributed by atoms with Gasteiger partial charge in [-0.2, -0.15) is 0 Å². The van der Waals surface area contributed by atoms with Gasteiger partial charge in [0.1, 0.15) is 0 Å². The highest BCUT2D eigenvalue weighted by atomic mass is 16.2. The first-order chi connectivity index (χ1) is 9.74. The number of hydrogen-bond acceptors (Lipinski definition) is 3. The second-order valence-corrected chi connectivity index (χ2v) is 6.24. The molecule has 4 nitrogen and oxygen atoms in total. The normalized spacial score (nSPS) is 24.6. The number of nitrogens with one attached hydrogen (secondary N) is 1. The molecule has 1 unspecified atom stereocenters. The fourth-order valence-corrected chi connectivity index (χ4v) is 3.66. The molecular formula is C16H31N3O. The van der Waals surface area contributed by atoms with Crippen LogP contribution in [0.25, 0.3) is 0 Å². The first kappa shape index (κ1) is 15.8. The second kappa shape index (κ2) is 7.99. The largest absolute Gasteiger partial charge is 0.341 e. The molecule has 2 aliphatic rings. The van der Waals surface area contributed by atoms with Crippen molar-refractivity contribution >= 4 is 5.91 Å². The number of rotatable bonds is 6. The third-order valence-corrected chi connectivity index (χ3v) is 5.07. The molecule has 0 aromatic carbocycles. The van der Waals surface area contributed by atoms with E-state index < -0.39 is 0 Å². The quantitative estimate of drug-likeness (QED) is 0.805. The maximum Gasteiger partial charge on any atom is 0.222 e. The number of piperidine rings is 1. The number of amides is 1. The van der Waals surface area contributed by atoms with Crippen LogP contribution in [0, 0.1) is 5.92 Å². The van der Waals surface area contributed by atoms with Crippen molar-refractivity contribution in [2.45, 2.75) is 52.0 Å². The van der Waals surface area contributed by atoms with Gasteiger partial charge in [-0.05, 0) is 57.8 Å². The minimum absolute atomic E-state index is 0.387. The van der Waals surface area contributed by atoms with Crippen LogP contribution in [0.2, 0.25) is 0 Å². The fourth-order valence-electron chi connectivity index (χ4n) is 3.66. The van der Waals surface area contributed by atoms with Crippen molar-refractivity contribution in [3.05, 3.63) is 0 Å². The summed E-state index contributed by atoms with van der Waals surface area (Å²) in [6.07, 6.45) is 5.49. The van der Waals surface area contributed by atoms with Crippen LogP contribution in [0.15, 0.2) is 0 Å². The zero-order chi connectivity index (χ0) is 14.4. The SMILES string of the molecule is CCN(CC)C1CCN(C(=O)CCC2CCNCC2)C1. The molecule has 0 bridgehead atoms. The molecule has 2 rings (SSSR count). The van der Waals surface area contributed by atoms with Crippen molar-refractivity contribution in [1.82, 2.24) is 15.1 Å². The third kappa shape index (κ3) is 4.19. The van der Waals surface area contributed by atoms with Crippen LogP contribution >= 0.6 is 0 Å². The van der Waals surface area contributed by atoms with Crippen LogP contribution in [0.3, 0.4) is 0 Å². The summed E-state index contributed by atoms with van der Waals surface area (Å²) in [6, 6.07) is 0.591. The molecule has 2 saturated heterocycles. The summed E-state index contributed by atoms with van der Waals surface area (Å²) in [5, 5.41) is 3.39. The average Bonchev–Trinajstić information content (AvgIpc) is 2.97. The standard InChI is InChI=1S/C16H31N3O/c1-3-18(4-2)15-9-12-19(13-15)16(20)6-5-14-7-10-17-11-8-14/h14-15,17H,3-13H2,1-2H3. The van der Waals surface area contributed by atoms with Gasteiger partial charge < -0.3 is 10.2 Å². The molecule has 2 fully saturated rings. The van der Waals surface area contributed by atoms with Crippen molar-refractivity contribution in [2.24, 2.45) is 5.92 Å². The molecule has 0 aromatic heterocycles. The highest BCUT2D eigenvalue weighted by Crippen LogP contribution is 2.21. The molecule has 20 heavy (non-hydrogen) atoms. The topological polar surface area (TPSA) is 35.6 Å². The van der Waals surface area contributed by atoms with Gasteiger partial charge in [0, 0.05) is 25.6 Å². The van der Waals surface area contributed by atoms with Crippen LogP contribution in [0.4, 0.5) is 0 Å². The molecule has 2 heterocycles. The van der Waals surface area contributed by atoms with E-state index in [0.29, 0.717) is 11.9 Å². The Bertz CT molecular complexity index is 298. The van der Waals surface area contributed by atoms with Crippen molar-refractivity contribution in [1.29, 1.82) is 0 Å². The zero-order valence-electron chi connectivity index (χ0n) is 13.2. The Morgan fingerprint density at radius 1 is 1.20 bits per heavy atom. The van der Waals surface area contributed by atoms with Crippen LogP contribution in [0.1, 0.15) is 46.0 Å². The maximum absolute atomic E-state index is 12.3. The molecule has 4 heteroatoms. The lowest BCUT2D eigenvalue weighted by atomic mass is 9.93. The van der Waals surface area contributed by atoms with E-state index in [0.717, 1.165) is 64.4 Å². The van der Waals surface area contributed by atoms with Gasteiger partial charge in [-0.15, -0.1) is 0 Å². The van der Waals surface area contributed by atoms with Gasteiger partial charge in [0.25, 0.3) is 0 Å². The second-order valence-electron chi connectivity index (χ2n) is 6.24. The van der Waals surface area contributed by atoms with Crippen LogP contribution in [0.5, 0.6) is 0 Å². The summed E-state index contributed by atoms with van der Waals surface area (Å²) < 4.78 is 0. The molecule has 116 valence electrons. The van der Waals surface area contributed by atoms with Crippen LogP contribution < -0.4 is 5.32 Å². The van der Waals surface area contributed by atoms with Gasteiger partial charge in [0.05, 0.1) is 0 Å². The zero-order valence-corrected chi connectivity index (χ0v) is 13.2. The maximum atomic E-state index is 12.3. The summed E-state index contributed by atoms with van der Waals surface area (Å²) in [5.74, 6) is 1.15. The predicted octanol–water partition coefficient (Wildman–Crippen LogP) is 1.71. The molecule has 1 amide bonds. The van der Waals surface area contributed by atoms with E-state index in [1.54, 1.807) is 0 Å². The van der Waals surface area contributed by atoms with E-state index >= 15 is 0 Å². The molecular weight excluding hydrogens is 250 g/mol. The van der Waals surface area contributed by atoms with Crippen LogP contribution in [-0.4, -0.2) is 61.0 Å². The van der Waals surface area contributed by atoms with E-state index in [9.17, 15) is 4.79 Å². The molecule has 1 N–H and O–H groups in total. The lowest BCUT2D eigenvalue weighted by molar-refractivity contribution is -0.130. The van der Waals surface area contributed by atoms with Crippen molar-refractivity contribution < 1.29 is 4.79 Å². The third-order valence-electron chi connectivity index (χ3n) is 5.07.